The molecule has 0 amide bonds. The molecular weight excluding hydrogens is 414 g/mol. The van der Waals surface area contributed by atoms with Crippen molar-refractivity contribution in [2.24, 2.45) is 0 Å². The molecule has 0 saturated heterocycles. The lowest BCUT2D eigenvalue weighted by Crippen LogP contribution is -2.32. The van der Waals surface area contributed by atoms with Crippen LogP contribution in [-0.2, 0) is 19.5 Å². The molecule has 1 heterocycles. The van der Waals surface area contributed by atoms with E-state index in [0.717, 1.165) is 38.0 Å². The normalized spacial score (nSPS) is 12.0. The Labute approximate surface area is 197 Å². The van der Waals surface area contributed by atoms with Gasteiger partial charge in [-0.1, -0.05) is 42.5 Å². The van der Waals surface area contributed by atoms with E-state index in [1.54, 1.807) is 13.3 Å². The smallest absolute Gasteiger partial charge is 0.161 e. The van der Waals surface area contributed by atoms with Crippen LogP contribution in [0.5, 0.6) is 11.5 Å². The van der Waals surface area contributed by atoms with Gasteiger partial charge in [-0.25, -0.2) is 0 Å². The summed E-state index contributed by atoms with van der Waals surface area (Å²) in [7, 11) is 3.63. The van der Waals surface area contributed by atoms with Crippen LogP contribution in [0.25, 0.3) is 0 Å². The second-order valence-electron chi connectivity index (χ2n) is 8.27. The molecule has 2 aromatic carbocycles. The van der Waals surface area contributed by atoms with Gasteiger partial charge in [0.15, 0.2) is 11.5 Å². The van der Waals surface area contributed by atoms with E-state index < -0.39 is 6.10 Å². The van der Waals surface area contributed by atoms with Gasteiger partial charge in [0.1, 0.15) is 12.7 Å². The molecule has 2 N–H and O–H groups in total. The van der Waals surface area contributed by atoms with Gasteiger partial charge >= 0.3 is 0 Å². The molecule has 0 unspecified atom stereocenters. The molecule has 0 fully saturated rings. The van der Waals surface area contributed by atoms with Gasteiger partial charge in [-0.3, -0.25) is 9.88 Å². The van der Waals surface area contributed by atoms with Gasteiger partial charge in [0.05, 0.1) is 7.11 Å². The minimum Gasteiger partial charge on any atom is -0.493 e. The summed E-state index contributed by atoms with van der Waals surface area (Å²) in [4.78, 5) is 6.24. The first kappa shape index (κ1) is 24.7. The number of pyridine rings is 1. The van der Waals surface area contributed by atoms with Crippen molar-refractivity contribution in [3.05, 3.63) is 89.7 Å². The molecule has 6 heteroatoms. The Morgan fingerprint density at radius 2 is 1.82 bits per heavy atom. The zero-order valence-corrected chi connectivity index (χ0v) is 19.6. The van der Waals surface area contributed by atoms with Crippen LogP contribution in [0.15, 0.2) is 73.1 Å². The Bertz CT molecular complexity index is 938. The highest BCUT2D eigenvalue weighted by Crippen LogP contribution is 2.28. The number of rotatable bonds is 14. The number of aryl methyl sites for hydroxylation is 1. The molecule has 0 aliphatic rings. The summed E-state index contributed by atoms with van der Waals surface area (Å²) in [6.45, 7) is 3.18. The maximum Gasteiger partial charge on any atom is 0.161 e. The maximum absolute atomic E-state index is 10.5. The van der Waals surface area contributed by atoms with Gasteiger partial charge in [0.25, 0.3) is 0 Å². The Balaban J connectivity index is 1.42. The van der Waals surface area contributed by atoms with E-state index in [1.807, 2.05) is 55.7 Å². The van der Waals surface area contributed by atoms with Crippen LogP contribution >= 0.6 is 0 Å². The number of nitrogens with zero attached hydrogens (tertiary/aromatic N) is 2. The molecule has 0 saturated carbocycles. The Kier molecular flexibility index (Phi) is 10.2. The molecule has 6 nitrogen and oxygen atoms in total. The number of hydrogen-bond donors (Lipinski definition) is 2. The van der Waals surface area contributed by atoms with Crippen molar-refractivity contribution in [3.63, 3.8) is 0 Å². The fourth-order valence-corrected chi connectivity index (χ4v) is 3.70. The van der Waals surface area contributed by atoms with Crippen LogP contribution in [-0.4, -0.2) is 54.9 Å². The lowest BCUT2D eigenvalue weighted by atomic mass is 10.1. The molecule has 3 rings (SSSR count). The number of ether oxygens (including phenoxy) is 2. The van der Waals surface area contributed by atoms with Crippen LogP contribution < -0.4 is 14.8 Å². The second-order valence-corrected chi connectivity index (χ2v) is 8.27. The van der Waals surface area contributed by atoms with Crippen molar-refractivity contribution in [2.75, 3.05) is 33.9 Å². The standard InChI is InChI=1S/C27H35N3O3/c1-30(19-23-8-4-3-5-9-23)20-25(31)21-33-27-16-24(12-13-26(27)32-2)18-29-15-7-11-22-10-6-14-28-17-22/h3-6,8-10,12-14,16-17,25,29,31H,7,11,15,18-21H2,1-2H3/t25-/m1/s1. The summed E-state index contributed by atoms with van der Waals surface area (Å²) < 4.78 is 11.4. The van der Waals surface area contributed by atoms with Crippen molar-refractivity contribution in [2.45, 2.75) is 32.0 Å². The highest BCUT2D eigenvalue weighted by atomic mass is 16.5. The summed E-state index contributed by atoms with van der Waals surface area (Å²) in [5, 5.41) is 13.9. The van der Waals surface area contributed by atoms with Crippen molar-refractivity contribution in [3.8, 4) is 11.5 Å². The van der Waals surface area contributed by atoms with Gasteiger partial charge in [0, 0.05) is 32.0 Å². The van der Waals surface area contributed by atoms with Crippen LogP contribution in [0.1, 0.15) is 23.1 Å². The third-order valence-corrected chi connectivity index (χ3v) is 5.35. The number of aromatic nitrogens is 1. The number of benzene rings is 2. The topological polar surface area (TPSA) is 66.8 Å². The summed E-state index contributed by atoms with van der Waals surface area (Å²) >= 11 is 0. The number of methoxy groups -OCH3 is 1. The number of hydrogen-bond acceptors (Lipinski definition) is 6. The Morgan fingerprint density at radius 1 is 1.00 bits per heavy atom. The van der Waals surface area contributed by atoms with Gasteiger partial charge in [0.2, 0.25) is 0 Å². The molecule has 0 spiro atoms. The molecule has 1 aromatic heterocycles. The van der Waals surface area contributed by atoms with Gasteiger partial charge < -0.3 is 19.9 Å². The lowest BCUT2D eigenvalue weighted by molar-refractivity contribution is 0.0732. The molecule has 0 bridgehead atoms. The van der Waals surface area contributed by atoms with E-state index in [2.05, 4.69) is 33.4 Å². The molecule has 0 aliphatic carbocycles. The lowest BCUT2D eigenvalue weighted by Gasteiger charge is -2.21. The molecule has 0 aliphatic heterocycles. The predicted octanol–water partition coefficient (Wildman–Crippen LogP) is 3.68. The predicted molar refractivity (Wildman–Crippen MR) is 132 cm³/mol. The van der Waals surface area contributed by atoms with Crippen molar-refractivity contribution >= 4 is 0 Å². The number of nitrogens with one attached hydrogen (secondary N) is 1. The minimum absolute atomic E-state index is 0.206. The van der Waals surface area contributed by atoms with Crippen LogP contribution in [0.4, 0.5) is 0 Å². The van der Waals surface area contributed by atoms with Crippen LogP contribution in [0.3, 0.4) is 0 Å². The van der Waals surface area contributed by atoms with E-state index in [-0.39, 0.29) is 6.61 Å². The molecule has 1 atom stereocenters. The van der Waals surface area contributed by atoms with Crippen molar-refractivity contribution in [1.82, 2.24) is 15.2 Å². The first-order valence-corrected chi connectivity index (χ1v) is 11.4. The number of aliphatic hydroxyl groups excluding tert-OH is 1. The van der Waals surface area contributed by atoms with Crippen molar-refractivity contribution < 1.29 is 14.6 Å². The molecule has 0 radical (unpaired) electrons. The zero-order valence-electron chi connectivity index (χ0n) is 19.6. The van der Waals surface area contributed by atoms with E-state index in [0.29, 0.717) is 18.0 Å². The number of likely N-dealkylation sites (N-methyl/N-ethyl adjacent to an activating group) is 1. The second kappa shape index (κ2) is 13.6. The van der Waals surface area contributed by atoms with Gasteiger partial charge in [-0.2, -0.15) is 0 Å². The fourth-order valence-electron chi connectivity index (χ4n) is 3.70. The summed E-state index contributed by atoms with van der Waals surface area (Å²) in [5.74, 6) is 1.32. The Morgan fingerprint density at radius 3 is 2.58 bits per heavy atom. The third kappa shape index (κ3) is 8.85. The molecule has 3 aromatic rings. The van der Waals surface area contributed by atoms with E-state index >= 15 is 0 Å². The van der Waals surface area contributed by atoms with Crippen molar-refractivity contribution in [1.29, 1.82) is 0 Å². The largest absolute Gasteiger partial charge is 0.493 e. The quantitative estimate of drug-likeness (QED) is 0.366. The zero-order chi connectivity index (χ0) is 23.3. The molecule has 33 heavy (non-hydrogen) atoms. The molecule has 176 valence electrons. The highest BCUT2D eigenvalue weighted by molar-refractivity contribution is 5.43. The monoisotopic (exact) mass is 449 g/mol. The average molecular weight is 450 g/mol. The van der Waals surface area contributed by atoms with E-state index in [4.69, 9.17) is 9.47 Å². The number of aliphatic hydroxyl groups is 1. The highest BCUT2D eigenvalue weighted by Gasteiger charge is 2.12. The first-order valence-electron chi connectivity index (χ1n) is 11.4. The molecular formula is C27H35N3O3. The maximum atomic E-state index is 10.5. The SMILES string of the molecule is COc1ccc(CNCCCc2cccnc2)cc1OC[C@H](O)CN(C)Cc1ccccc1. The summed E-state index contributed by atoms with van der Waals surface area (Å²) in [6, 6.07) is 20.2. The third-order valence-electron chi connectivity index (χ3n) is 5.35. The van der Waals surface area contributed by atoms with E-state index in [1.165, 1.54) is 11.1 Å². The van der Waals surface area contributed by atoms with E-state index in [9.17, 15) is 5.11 Å². The fraction of sp³-hybridized carbons (Fsp3) is 0.370. The Hall–Kier alpha value is -2.93. The van der Waals surface area contributed by atoms with Gasteiger partial charge in [-0.05, 0) is 61.3 Å². The van der Waals surface area contributed by atoms with Crippen LogP contribution in [0, 0.1) is 0 Å². The first-order chi connectivity index (χ1) is 16.1. The summed E-state index contributed by atoms with van der Waals surface area (Å²) in [5.41, 5.74) is 3.59. The van der Waals surface area contributed by atoms with Gasteiger partial charge in [-0.15, -0.1) is 0 Å². The summed E-state index contributed by atoms with van der Waals surface area (Å²) in [6.07, 6.45) is 5.17. The minimum atomic E-state index is -0.599. The van der Waals surface area contributed by atoms with Crippen LogP contribution in [0.2, 0.25) is 0 Å². The average Bonchev–Trinajstić information content (AvgIpc) is 2.84.